The van der Waals surface area contributed by atoms with E-state index in [0.717, 1.165) is 11.3 Å². The van der Waals surface area contributed by atoms with Gasteiger partial charge in [-0.2, -0.15) is 17.0 Å². The second-order valence-electron chi connectivity index (χ2n) is 6.03. The molecular formula is C17H22N4O4S. The van der Waals surface area contributed by atoms with Crippen molar-refractivity contribution in [2.24, 2.45) is 0 Å². The first-order chi connectivity index (χ1) is 12.4. The summed E-state index contributed by atoms with van der Waals surface area (Å²) in [6.07, 6.45) is 2.72. The zero-order valence-corrected chi connectivity index (χ0v) is 15.8. The fraction of sp³-hybridized carbons (Fsp3) is 0.412. The summed E-state index contributed by atoms with van der Waals surface area (Å²) in [5, 5.41) is 0. The van der Waals surface area contributed by atoms with Crippen molar-refractivity contribution in [3.63, 3.8) is 0 Å². The molecule has 2 aromatic rings. The molecule has 1 aromatic heterocycles. The summed E-state index contributed by atoms with van der Waals surface area (Å²) in [6.45, 7) is 0.813. The lowest BCUT2D eigenvalue weighted by Crippen LogP contribution is -2.47. The van der Waals surface area contributed by atoms with Crippen LogP contribution in [0.1, 0.15) is 11.8 Å². The van der Waals surface area contributed by atoms with Crippen molar-refractivity contribution in [2.75, 3.05) is 40.9 Å². The average Bonchev–Trinajstić information content (AvgIpc) is 2.68. The molecule has 0 aliphatic carbocycles. The minimum atomic E-state index is -3.51. The first kappa shape index (κ1) is 18.7. The molecule has 140 valence electrons. The number of ether oxygens (including phenoxy) is 2. The Hall–Kier alpha value is -2.07. The van der Waals surface area contributed by atoms with Gasteiger partial charge in [0.2, 0.25) is 0 Å². The van der Waals surface area contributed by atoms with Gasteiger partial charge in [0.1, 0.15) is 11.9 Å². The number of hydrogen-bond donors (Lipinski definition) is 0. The summed E-state index contributed by atoms with van der Waals surface area (Å²) in [6, 6.07) is 7.48. The molecule has 0 amide bonds. The molecule has 1 atom stereocenters. The van der Waals surface area contributed by atoms with Crippen LogP contribution in [0.3, 0.4) is 0 Å². The van der Waals surface area contributed by atoms with Crippen molar-refractivity contribution in [1.29, 1.82) is 0 Å². The van der Waals surface area contributed by atoms with Crippen LogP contribution in [0, 0.1) is 0 Å². The third kappa shape index (κ3) is 3.70. The van der Waals surface area contributed by atoms with Crippen molar-refractivity contribution in [3.8, 4) is 17.0 Å². The standard InChI is InChI=1S/C17H22N4O4S/c1-20(2)26(22,23)21-10-11-25-15(12-21)17-16(18-8-9-19-17)13-4-6-14(24-3)7-5-13/h4-9,15H,10-12H2,1-3H3/t15-/m1/s1. The molecule has 0 unspecified atom stereocenters. The van der Waals surface area contributed by atoms with Crippen molar-refractivity contribution in [3.05, 3.63) is 42.4 Å². The van der Waals surface area contributed by atoms with E-state index in [0.29, 0.717) is 24.5 Å². The Labute approximate surface area is 153 Å². The monoisotopic (exact) mass is 378 g/mol. The summed E-state index contributed by atoms with van der Waals surface area (Å²) in [5.41, 5.74) is 2.16. The molecule has 26 heavy (non-hydrogen) atoms. The Kier molecular flexibility index (Phi) is 5.52. The largest absolute Gasteiger partial charge is 0.497 e. The van der Waals surface area contributed by atoms with Crippen LogP contribution in [0.4, 0.5) is 0 Å². The van der Waals surface area contributed by atoms with E-state index in [1.807, 2.05) is 24.3 Å². The van der Waals surface area contributed by atoms with E-state index < -0.39 is 16.3 Å². The van der Waals surface area contributed by atoms with Crippen molar-refractivity contribution >= 4 is 10.2 Å². The number of benzene rings is 1. The zero-order valence-electron chi connectivity index (χ0n) is 15.0. The molecule has 8 nitrogen and oxygen atoms in total. The number of rotatable bonds is 5. The molecule has 0 spiro atoms. The fourth-order valence-electron chi connectivity index (χ4n) is 2.79. The van der Waals surface area contributed by atoms with E-state index in [9.17, 15) is 8.42 Å². The lowest BCUT2D eigenvalue weighted by atomic mass is 10.1. The predicted octanol–water partition coefficient (Wildman–Crippen LogP) is 1.33. The molecule has 1 aromatic carbocycles. The molecule has 3 rings (SSSR count). The van der Waals surface area contributed by atoms with Gasteiger partial charge in [0.25, 0.3) is 10.2 Å². The Morgan fingerprint density at radius 2 is 1.88 bits per heavy atom. The van der Waals surface area contributed by atoms with Crippen LogP contribution in [0.15, 0.2) is 36.7 Å². The van der Waals surface area contributed by atoms with Crippen LogP contribution >= 0.6 is 0 Å². The van der Waals surface area contributed by atoms with Crippen LogP contribution in [0.2, 0.25) is 0 Å². The summed E-state index contributed by atoms with van der Waals surface area (Å²) >= 11 is 0. The molecule has 0 bridgehead atoms. The normalized spacial score (nSPS) is 18.8. The van der Waals surface area contributed by atoms with Crippen LogP contribution in [-0.2, 0) is 14.9 Å². The molecule has 1 aliphatic heterocycles. The Balaban J connectivity index is 1.92. The molecule has 0 radical (unpaired) electrons. The second kappa shape index (κ2) is 7.67. The van der Waals surface area contributed by atoms with Crippen LogP contribution in [0.25, 0.3) is 11.3 Å². The molecule has 0 saturated carbocycles. The number of nitrogens with zero attached hydrogens (tertiary/aromatic N) is 4. The highest BCUT2D eigenvalue weighted by atomic mass is 32.2. The van der Waals surface area contributed by atoms with Gasteiger partial charge >= 0.3 is 0 Å². The third-order valence-corrected chi connectivity index (χ3v) is 6.12. The van der Waals surface area contributed by atoms with E-state index in [4.69, 9.17) is 9.47 Å². The van der Waals surface area contributed by atoms with Gasteiger partial charge < -0.3 is 9.47 Å². The van der Waals surface area contributed by atoms with Crippen molar-refractivity contribution in [1.82, 2.24) is 18.6 Å². The highest BCUT2D eigenvalue weighted by Gasteiger charge is 2.33. The highest BCUT2D eigenvalue weighted by molar-refractivity contribution is 7.86. The molecule has 9 heteroatoms. The SMILES string of the molecule is COc1ccc(-c2nccnc2[C@H]2CN(S(=O)(=O)N(C)C)CCO2)cc1. The zero-order chi connectivity index (χ0) is 18.7. The number of hydrogen-bond acceptors (Lipinski definition) is 6. The van der Waals surface area contributed by atoms with Crippen LogP contribution in [0.5, 0.6) is 5.75 Å². The minimum Gasteiger partial charge on any atom is -0.497 e. The van der Waals surface area contributed by atoms with E-state index in [2.05, 4.69) is 9.97 Å². The minimum absolute atomic E-state index is 0.197. The van der Waals surface area contributed by atoms with Gasteiger partial charge in [0.05, 0.1) is 25.1 Å². The first-order valence-corrected chi connectivity index (χ1v) is 9.57. The van der Waals surface area contributed by atoms with Crippen LogP contribution < -0.4 is 4.74 Å². The van der Waals surface area contributed by atoms with Gasteiger partial charge in [0.15, 0.2) is 0 Å². The summed E-state index contributed by atoms with van der Waals surface area (Å²) < 4.78 is 38.5. The molecule has 2 heterocycles. The van der Waals surface area contributed by atoms with Gasteiger partial charge in [-0.1, -0.05) is 0 Å². The van der Waals surface area contributed by atoms with E-state index in [1.54, 1.807) is 19.5 Å². The summed E-state index contributed by atoms with van der Waals surface area (Å²) in [7, 11) is 1.14. The average molecular weight is 378 g/mol. The number of aromatic nitrogens is 2. The summed E-state index contributed by atoms with van der Waals surface area (Å²) in [4.78, 5) is 8.87. The fourth-order valence-corrected chi connectivity index (χ4v) is 3.88. The smallest absolute Gasteiger partial charge is 0.281 e. The maximum absolute atomic E-state index is 12.4. The molecule has 0 N–H and O–H groups in total. The Morgan fingerprint density at radius 1 is 1.19 bits per heavy atom. The summed E-state index contributed by atoms with van der Waals surface area (Å²) in [5.74, 6) is 0.747. The number of methoxy groups -OCH3 is 1. The Morgan fingerprint density at radius 3 is 2.54 bits per heavy atom. The molecule has 1 aliphatic rings. The predicted molar refractivity (Wildman–Crippen MR) is 96.9 cm³/mol. The van der Waals surface area contributed by atoms with Gasteiger partial charge in [-0.15, -0.1) is 0 Å². The topological polar surface area (TPSA) is 84.9 Å². The van der Waals surface area contributed by atoms with Crippen molar-refractivity contribution in [2.45, 2.75) is 6.10 Å². The maximum Gasteiger partial charge on any atom is 0.281 e. The molecule has 1 fully saturated rings. The van der Waals surface area contributed by atoms with Crippen LogP contribution in [-0.4, -0.2) is 67.9 Å². The van der Waals surface area contributed by atoms with Gasteiger partial charge in [0, 0.05) is 45.1 Å². The van der Waals surface area contributed by atoms with Gasteiger partial charge in [-0.25, -0.2) is 0 Å². The van der Waals surface area contributed by atoms with E-state index in [-0.39, 0.29) is 6.54 Å². The third-order valence-electron chi connectivity index (χ3n) is 4.21. The first-order valence-electron chi connectivity index (χ1n) is 8.18. The molecule has 1 saturated heterocycles. The van der Waals surface area contributed by atoms with E-state index in [1.165, 1.54) is 22.7 Å². The number of morpholine rings is 1. The van der Waals surface area contributed by atoms with E-state index >= 15 is 0 Å². The second-order valence-corrected chi connectivity index (χ2v) is 8.17. The maximum atomic E-state index is 12.4. The van der Waals surface area contributed by atoms with Gasteiger partial charge in [-0.05, 0) is 24.3 Å². The van der Waals surface area contributed by atoms with Crippen molar-refractivity contribution < 1.29 is 17.9 Å². The lowest BCUT2D eigenvalue weighted by Gasteiger charge is -2.33. The quantitative estimate of drug-likeness (QED) is 0.780. The molecular weight excluding hydrogens is 356 g/mol. The lowest BCUT2D eigenvalue weighted by molar-refractivity contribution is -0.00606. The Bertz CT molecular complexity index is 855. The van der Waals surface area contributed by atoms with Gasteiger partial charge in [-0.3, -0.25) is 9.97 Å². The highest BCUT2D eigenvalue weighted by Crippen LogP contribution is 2.30.